The molecule has 0 saturated carbocycles. The topological polar surface area (TPSA) is 89.4 Å². The number of amidine groups is 1. The standard InChI is InChI=1S/C28H29Cl2N5O2/c1-34(2)24-15-21(30)14-23(28(37)33-26-11-10-20(29)17-32-26)22(24)16-25(36)18-6-8-19(9-7-18)27(31)35-12-4-3-5-13-35/h6-11,14-15,17,31H,3-5,12-13,16H2,1-2H3,(H,32,33,37). The first kappa shape index (κ1) is 26.6. The average molecular weight is 538 g/mol. The summed E-state index contributed by atoms with van der Waals surface area (Å²) >= 11 is 12.2. The van der Waals surface area contributed by atoms with Crippen LogP contribution in [0.2, 0.25) is 10.0 Å². The molecule has 0 aliphatic carbocycles. The summed E-state index contributed by atoms with van der Waals surface area (Å²) < 4.78 is 0. The average Bonchev–Trinajstić information content (AvgIpc) is 2.90. The number of Topliss-reactive ketones (excluding diaryl/α,β-unsaturated/α-hetero) is 1. The zero-order valence-corrected chi connectivity index (χ0v) is 22.4. The molecule has 0 unspecified atom stereocenters. The number of nitrogens with zero attached hydrogens (tertiary/aromatic N) is 3. The van der Waals surface area contributed by atoms with Crippen molar-refractivity contribution in [2.45, 2.75) is 25.7 Å². The predicted octanol–water partition coefficient (Wildman–Crippen LogP) is 5.94. The van der Waals surface area contributed by atoms with Crippen LogP contribution in [0.3, 0.4) is 0 Å². The lowest BCUT2D eigenvalue weighted by Crippen LogP contribution is -2.35. The van der Waals surface area contributed by atoms with Gasteiger partial charge in [0.05, 0.1) is 5.02 Å². The van der Waals surface area contributed by atoms with Gasteiger partial charge in [-0.05, 0) is 49.1 Å². The Kier molecular flexibility index (Phi) is 8.46. The lowest BCUT2D eigenvalue weighted by atomic mass is 9.95. The second-order valence-corrected chi connectivity index (χ2v) is 10.1. The number of likely N-dealkylation sites (tertiary alicyclic amines) is 1. The molecule has 0 radical (unpaired) electrons. The largest absolute Gasteiger partial charge is 0.377 e. The van der Waals surface area contributed by atoms with E-state index in [0.717, 1.165) is 31.5 Å². The van der Waals surface area contributed by atoms with Gasteiger partial charge in [-0.3, -0.25) is 15.0 Å². The van der Waals surface area contributed by atoms with Gasteiger partial charge in [0.25, 0.3) is 5.91 Å². The van der Waals surface area contributed by atoms with Crippen LogP contribution in [0.5, 0.6) is 0 Å². The fraction of sp³-hybridized carbons (Fsp3) is 0.286. The number of pyridine rings is 1. The van der Waals surface area contributed by atoms with Gasteiger partial charge in [-0.25, -0.2) is 4.98 Å². The summed E-state index contributed by atoms with van der Waals surface area (Å²) in [5.41, 5.74) is 2.84. The number of hydrogen-bond donors (Lipinski definition) is 2. The van der Waals surface area contributed by atoms with Crippen LogP contribution in [0.4, 0.5) is 11.5 Å². The van der Waals surface area contributed by atoms with Crippen molar-refractivity contribution in [3.63, 3.8) is 0 Å². The number of nitrogens with one attached hydrogen (secondary N) is 2. The van der Waals surface area contributed by atoms with Gasteiger partial charge in [0, 0.05) is 67.2 Å². The molecule has 1 amide bonds. The van der Waals surface area contributed by atoms with E-state index in [1.165, 1.54) is 12.6 Å². The molecule has 1 saturated heterocycles. The van der Waals surface area contributed by atoms with Crippen molar-refractivity contribution in [1.29, 1.82) is 5.41 Å². The molecule has 1 fully saturated rings. The smallest absolute Gasteiger partial charge is 0.257 e. The summed E-state index contributed by atoms with van der Waals surface area (Å²) in [6.45, 7) is 1.78. The summed E-state index contributed by atoms with van der Waals surface area (Å²) in [6, 6.07) is 13.7. The van der Waals surface area contributed by atoms with E-state index in [0.29, 0.717) is 44.1 Å². The van der Waals surface area contributed by atoms with Gasteiger partial charge in [-0.15, -0.1) is 0 Å². The Morgan fingerprint density at radius 3 is 2.27 bits per heavy atom. The van der Waals surface area contributed by atoms with Crippen LogP contribution < -0.4 is 10.2 Å². The predicted molar refractivity (Wildman–Crippen MR) is 150 cm³/mol. The maximum absolute atomic E-state index is 13.4. The van der Waals surface area contributed by atoms with Crippen LogP contribution in [0.25, 0.3) is 0 Å². The van der Waals surface area contributed by atoms with Crippen LogP contribution >= 0.6 is 23.2 Å². The van der Waals surface area contributed by atoms with Gasteiger partial charge in [0.15, 0.2) is 5.78 Å². The number of amides is 1. The number of rotatable bonds is 7. The number of ketones is 1. The minimum atomic E-state index is -0.423. The zero-order valence-electron chi connectivity index (χ0n) is 20.9. The highest BCUT2D eigenvalue weighted by molar-refractivity contribution is 6.31. The van der Waals surface area contributed by atoms with Gasteiger partial charge in [0.1, 0.15) is 11.7 Å². The van der Waals surface area contributed by atoms with Crippen molar-refractivity contribution in [2.75, 3.05) is 37.4 Å². The van der Waals surface area contributed by atoms with Crippen molar-refractivity contribution in [1.82, 2.24) is 9.88 Å². The maximum Gasteiger partial charge on any atom is 0.257 e. The van der Waals surface area contributed by atoms with Gasteiger partial charge >= 0.3 is 0 Å². The second kappa shape index (κ2) is 11.8. The molecule has 192 valence electrons. The number of hydrogen-bond acceptors (Lipinski definition) is 5. The maximum atomic E-state index is 13.4. The molecule has 37 heavy (non-hydrogen) atoms. The van der Waals surface area contributed by atoms with E-state index in [9.17, 15) is 9.59 Å². The molecular weight excluding hydrogens is 509 g/mol. The van der Waals surface area contributed by atoms with E-state index in [2.05, 4.69) is 15.2 Å². The first-order valence-electron chi connectivity index (χ1n) is 12.1. The highest BCUT2D eigenvalue weighted by atomic mass is 35.5. The molecule has 1 aliphatic heterocycles. The number of anilines is 2. The van der Waals surface area contributed by atoms with Crippen molar-refractivity contribution in [2.24, 2.45) is 0 Å². The number of aromatic nitrogens is 1. The van der Waals surface area contributed by atoms with Crippen molar-refractivity contribution in [3.8, 4) is 0 Å². The lowest BCUT2D eigenvalue weighted by Gasteiger charge is -2.29. The number of carbonyl (C=O) groups is 2. The molecule has 2 N–H and O–H groups in total. The van der Waals surface area contributed by atoms with E-state index < -0.39 is 5.91 Å². The van der Waals surface area contributed by atoms with E-state index in [1.807, 2.05) is 31.1 Å². The Morgan fingerprint density at radius 1 is 0.973 bits per heavy atom. The second-order valence-electron chi connectivity index (χ2n) is 9.23. The van der Waals surface area contributed by atoms with Crippen LogP contribution in [-0.4, -0.2) is 54.6 Å². The third kappa shape index (κ3) is 6.48. The molecule has 1 aliphatic rings. The molecule has 2 aromatic carbocycles. The molecular formula is C28H29Cl2N5O2. The first-order chi connectivity index (χ1) is 17.7. The quantitative estimate of drug-likeness (QED) is 0.221. The van der Waals surface area contributed by atoms with Gasteiger partial charge < -0.3 is 15.1 Å². The van der Waals surface area contributed by atoms with Crippen molar-refractivity contribution >= 4 is 52.2 Å². The van der Waals surface area contributed by atoms with E-state index in [1.54, 1.807) is 36.4 Å². The number of halogens is 2. The summed E-state index contributed by atoms with van der Waals surface area (Å²) in [5, 5.41) is 12.1. The normalized spacial score (nSPS) is 13.2. The third-order valence-electron chi connectivity index (χ3n) is 6.38. The van der Waals surface area contributed by atoms with E-state index in [4.69, 9.17) is 28.6 Å². The zero-order chi connectivity index (χ0) is 26.5. The lowest BCUT2D eigenvalue weighted by molar-refractivity contribution is 0.0992. The Morgan fingerprint density at radius 2 is 1.65 bits per heavy atom. The van der Waals surface area contributed by atoms with E-state index >= 15 is 0 Å². The van der Waals surface area contributed by atoms with Crippen LogP contribution in [-0.2, 0) is 6.42 Å². The molecule has 0 bridgehead atoms. The first-order valence-corrected chi connectivity index (χ1v) is 12.9. The van der Waals surface area contributed by atoms with Crippen LogP contribution in [0.15, 0.2) is 54.7 Å². The Balaban J connectivity index is 1.58. The monoisotopic (exact) mass is 537 g/mol. The molecule has 1 aromatic heterocycles. The highest BCUT2D eigenvalue weighted by Crippen LogP contribution is 2.30. The van der Waals surface area contributed by atoms with Crippen molar-refractivity contribution in [3.05, 3.63) is 87.0 Å². The van der Waals surface area contributed by atoms with E-state index in [-0.39, 0.29) is 12.2 Å². The molecule has 3 aromatic rings. The minimum Gasteiger partial charge on any atom is -0.377 e. The summed E-state index contributed by atoms with van der Waals surface area (Å²) in [4.78, 5) is 34.6. The number of piperidine rings is 1. The molecule has 0 atom stereocenters. The summed E-state index contributed by atoms with van der Waals surface area (Å²) in [5.74, 6) is 0.263. The number of carbonyl (C=O) groups excluding carboxylic acids is 2. The Labute approximate surface area is 226 Å². The Bertz CT molecular complexity index is 1300. The third-order valence-corrected chi connectivity index (χ3v) is 6.82. The number of benzene rings is 2. The highest BCUT2D eigenvalue weighted by Gasteiger charge is 2.22. The summed E-state index contributed by atoms with van der Waals surface area (Å²) in [7, 11) is 3.67. The van der Waals surface area contributed by atoms with Gasteiger partial charge in [0.2, 0.25) is 0 Å². The van der Waals surface area contributed by atoms with Crippen LogP contribution in [0.1, 0.15) is 51.1 Å². The Hall–Kier alpha value is -3.42. The molecule has 0 spiro atoms. The SMILES string of the molecule is CN(C)c1cc(Cl)cc(C(=O)Nc2ccc(Cl)cn2)c1CC(=O)c1ccc(C(=N)N2CCCCC2)cc1. The minimum absolute atomic E-state index is 0.00437. The summed E-state index contributed by atoms with van der Waals surface area (Å²) in [6.07, 6.45) is 4.84. The molecule has 7 nitrogen and oxygen atoms in total. The van der Waals surface area contributed by atoms with Crippen molar-refractivity contribution < 1.29 is 9.59 Å². The molecule has 2 heterocycles. The molecule has 9 heteroatoms. The fourth-order valence-electron chi connectivity index (χ4n) is 4.42. The molecule has 4 rings (SSSR count). The fourth-order valence-corrected chi connectivity index (χ4v) is 4.74. The van der Waals surface area contributed by atoms with Crippen LogP contribution in [0, 0.1) is 5.41 Å². The van der Waals surface area contributed by atoms with Gasteiger partial charge in [-0.1, -0.05) is 47.5 Å². The van der Waals surface area contributed by atoms with Gasteiger partial charge in [-0.2, -0.15) is 0 Å².